The van der Waals surface area contributed by atoms with Crippen LogP contribution in [0.5, 0.6) is 5.75 Å². The van der Waals surface area contributed by atoms with E-state index in [1.807, 2.05) is 37.3 Å². The molecule has 0 aliphatic rings. The number of ether oxygens (including phenoxy) is 2. The largest absolute Gasteiger partial charge is 0.496 e. The molecule has 0 atom stereocenters. The average molecular weight is 529 g/mol. The standard InChI is InChI=1S/C28H40N2O4SSi/c1-20-10-15-25(33-6)24(18-20)26-29-21(2)27(30(26)19-34-16-17-36(7,8)9)35(31,32)23-13-11-22(12-14-23)28(3,4)5/h10-15,18H,16-17,19H2,1-9H3. The lowest BCUT2D eigenvalue weighted by atomic mass is 9.87. The molecule has 0 amide bonds. The summed E-state index contributed by atoms with van der Waals surface area (Å²) < 4.78 is 41.3. The van der Waals surface area contributed by atoms with E-state index in [4.69, 9.17) is 14.5 Å². The van der Waals surface area contributed by atoms with Crippen molar-refractivity contribution in [2.24, 2.45) is 0 Å². The lowest BCUT2D eigenvalue weighted by Gasteiger charge is -2.20. The number of sulfone groups is 1. The van der Waals surface area contributed by atoms with E-state index in [1.165, 1.54) is 0 Å². The van der Waals surface area contributed by atoms with Gasteiger partial charge in [0.1, 0.15) is 18.3 Å². The topological polar surface area (TPSA) is 70.4 Å². The van der Waals surface area contributed by atoms with E-state index >= 15 is 0 Å². The molecule has 1 aromatic heterocycles. The third-order valence-electron chi connectivity index (χ3n) is 6.18. The molecule has 0 spiro atoms. The molecule has 0 radical (unpaired) electrons. The molecule has 2 aromatic carbocycles. The highest BCUT2D eigenvalue weighted by Crippen LogP contribution is 2.35. The van der Waals surface area contributed by atoms with Gasteiger partial charge in [0.25, 0.3) is 0 Å². The van der Waals surface area contributed by atoms with Crippen LogP contribution in [0.3, 0.4) is 0 Å². The van der Waals surface area contributed by atoms with E-state index in [-0.39, 0.29) is 22.1 Å². The molecule has 3 aromatic rings. The predicted octanol–water partition coefficient (Wildman–Crippen LogP) is 6.62. The molecule has 0 unspecified atom stereocenters. The Morgan fingerprint density at radius 3 is 2.19 bits per heavy atom. The van der Waals surface area contributed by atoms with E-state index in [0.29, 0.717) is 23.9 Å². The normalized spacial score (nSPS) is 12.7. The molecule has 1 heterocycles. The maximum atomic E-state index is 14.0. The van der Waals surface area contributed by atoms with Crippen molar-refractivity contribution in [3.63, 3.8) is 0 Å². The zero-order chi connectivity index (χ0) is 26.9. The maximum Gasteiger partial charge on any atom is 0.223 e. The average Bonchev–Trinajstić information content (AvgIpc) is 3.12. The summed E-state index contributed by atoms with van der Waals surface area (Å²) in [5.74, 6) is 1.15. The van der Waals surface area contributed by atoms with Crippen LogP contribution in [0, 0.1) is 13.8 Å². The van der Waals surface area contributed by atoms with E-state index in [1.54, 1.807) is 30.7 Å². The van der Waals surface area contributed by atoms with Crippen molar-refractivity contribution in [1.29, 1.82) is 0 Å². The van der Waals surface area contributed by atoms with Gasteiger partial charge >= 0.3 is 0 Å². The first-order valence-corrected chi connectivity index (χ1v) is 17.5. The SMILES string of the molecule is COc1ccc(C)cc1-c1nc(C)c(S(=O)(=O)c2ccc(C(C)(C)C)cc2)n1COCC[Si](C)(C)C. The van der Waals surface area contributed by atoms with Gasteiger partial charge < -0.3 is 9.47 Å². The Bertz CT molecular complexity index is 1320. The van der Waals surface area contributed by atoms with Crippen LogP contribution < -0.4 is 4.74 Å². The number of rotatable bonds is 9. The van der Waals surface area contributed by atoms with Crippen LogP contribution in [0.1, 0.15) is 37.6 Å². The number of methoxy groups -OCH3 is 1. The molecule has 0 aliphatic carbocycles. The molecule has 0 saturated heterocycles. The fourth-order valence-electron chi connectivity index (χ4n) is 4.00. The minimum Gasteiger partial charge on any atom is -0.496 e. The van der Waals surface area contributed by atoms with E-state index in [9.17, 15) is 8.42 Å². The second-order valence-corrected chi connectivity index (χ2v) is 19.1. The second kappa shape index (κ2) is 10.5. The molecule has 0 N–H and O–H groups in total. The summed E-state index contributed by atoms with van der Waals surface area (Å²) in [6.07, 6.45) is 0. The van der Waals surface area contributed by atoms with Gasteiger partial charge in [-0.05, 0) is 55.1 Å². The summed E-state index contributed by atoms with van der Waals surface area (Å²) in [5.41, 5.74) is 3.20. The highest BCUT2D eigenvalue weighted by Gasteiger charge is 2.30. The summed E-state index contributed by atoms with van der Waals surface area (Å²) >= 11 is 0. The van der Waals surface area contributed by atoms with Crippen LogP contribution in [-0.2, 0) is 26.7 Å². The minimum absolute atomic E-state index is 0.0704. The number of aromatic nitrogens is 2. The van der Waals surface area contributed by atoms with Crippen LogP contribution in [0.2, 0.25) is 25.7 Å². The summed E-state index contributed by atoms with van der Waals surface area (Å²) in [7, 11) is -3.55. The summed E-state index contributed by atoms with van der Waals surface area (Å²) in [5, 5.41) is 0.151. The van der Waals surface area contributed by atoms with Crippen LogP contribution in [0.15, 0.2) is 52.4 Å². The number of hydrogen-bond acceptors (Lipinski definition) is 5. The lowest BCUT2D eigenvalue weighted by Crippen LogP contribution is -2.22. The second-order valence-electron chi connectivity index (χ2n) is 11.6. The number of aryl methyl sites for hydroxylation is 2. The van der Waals surface area contributed by atoms with Crippen LogP contribution in [-0.4, -0.2) is 39.8 Å². The Hall–Kier alpha value is -2.42. The van der Waals surface area contributed by atoms with Gasteiger partial charge in [0, 0.05) is 14.7 Å². The van der Waals surface area contributed by atoms with Gasteiger partial charge in [-0.3, -0.25) is 4.57 Å². The molecule has 0 fully saturated rings. The van der Waals surface area contributed by atoms with Crippen molar-refractivity contribution in [3.8, 4) is 17.1 Å². The van der Waals surface area contributed by atoms with Gasteiger partial charge in [0.15, 0.2) is 5.03 Å². The van der Waals surface area contributed by atoms with Gasteiger partial charge in [0.05, 0.1) is 23.3 Å². The molecular weight excluding hydrogens is 488 g/mol. The van der Waals surface area contributed by atoms with Crippen LogP contribution in [0.4, 0.5) is 0 Å². The number of nitrogens with zero attached hydrogens (tertiary/aromatic N) is 2. The fraction of sp³-hybridized carbons (Fsp3) is 0.464. The molecule has 196 valence electrons. The van der Waals surface area contributed by atoms with Gasteiger partial charge in [-0.25, -0.2) is 13.4 Å². The van der Waals surface area contributed by atoms with Crippen molar-refractivity contribution in [3.05, 3.63) is 59.3 Å². The molecule has 8 heteroatoms. The summed E-state index contributed by atoms with van der Waals surface area (Å²) in [6, 6.07) is 13.9. The third kappa shape index (κ3) is 6.28. The van der Waals surface area contributed by atoms with Crippen molar-refractivity contribution < 1.29 is 17.9 Å². The van der Waals surface area contributed by atoms with E-state index < -0.39 is 17.9 Å². The molecule has 6 nitrogen and oxygen atoms in total. The molecule has 3 rings (SSSR count). The minimum atomic E-state index is -3.86. The predicted molar refractivity (Wildman–Crippen MR) is 148 cm³/mol. The Labute approximate surface area is 217 Å². The van der Waals surface area contributed by atoms with Crippen LogP contribution in [0.25, 0.3) is 11.4 Å². The lowest BCUT2D eigenvalue weighted by molar-refractivity contribution is 0.0826. The first kappa shape index (κ1) is 28.2. The van der Waals surface area contributed by atoms with Crippen molar-refractivity contribution >= 4 is 17.9 Å². The molecule has 0 aliphatic heterocycles. The smallest absolute Gasteiger partial charge is 0.223 e. The zero-order valence-corrected chi connectivity index (χ0v) is 24.9. The van der Waals surface area contributed by atoms with E-state index in [2.05, 4.69) is 40.4 Å². The Morgan fingerprint density at radius 2 is 1.64 bits per heavy atom. The molecular formula is C28H40N2O4SSi. The maximum absolute atomic E-state index is 14.0. The Balaban J connectivity index is 2.15. The summed E-state index contributed by atoms with van der Waals surface area (Å²) in [6.45, 7) is 17.6. The van der Waals surface area contributed by atoms with Crippen molar-refractivity contribution in [2.45, 2.75) is 82.4 Å². The Kier molecular flexibility index (Phi) is 8.22. The fourth-order valence-corrected chi connectivity index (χ4v) is 6.34. The highest BCUT2D eigenvalue weighted by molar-refractivity contribution is 7.91. The van der Waals surface area contributed by atoms with Crippen LogP contribution >= 0.6 is 0 Å². The van der Waals surface area contributed by atoms with Gasteiger partial charge in [-0.1, -0.05) is 64.2 Å². The number of imidazole rings is 1. The van der Waals surface area contributed by atoms with Gasteiger partial charge in [-0.15, -0.1) is 0 Å². The number of benzene rings is 2. The monoisotopic (exact) mass is 528 g/mol. The molecule has 0 bridgehead atoms. The Morgan fingerprint density at radius 1 is 1.00 bits per heavy atom. The first-order chi connectivity index (χ1) is 16.6. The van der Waals surface area contributed by atoms with Gasteiger partial charge in [-0.2, -0.15) is 0 Å². The van der Waals surface area contributed by atoms with Crippen molar-refractivity contribution in [2.75, 3.05) is 13.7 Å². The number of hydrogen-bond donors (Lipinski definition) is 0. The zero-order valence-electron chi connectivity index (χ0n) is 23.1. The molecule has 36 heavy (non-hydrogen) atoms. The third-order valence-corrected chi connectivity index (χ3v) is 9.80. The highest BCUT2D eigenvalue weighted by atomic mass is 32.2. The van der Waals surface area contributed by atoms with Gasteiger partial charge in [0.2, 0.25) is 9.84 Å². The van der Waals surface area contributed by atoms with Crippen molar-refractivity contribution in [1.82, 2.24) is 9.55 Å². The molecule has 0 saturated carbocycles. The summed E-state index contributed by atoms with van der Waals surface area (Å²) in [4.78, 5) is 4.98. The first-order valence-electron chi connectivity index (χ1n) is 12.3. The van der Waals surface area contributed by atoms with E-state index in [0.717, 1.165) is 22.7 Å². The quantitative estimate of drug-likeness (QED) is 0.231.